The Kier molecular flexibility index (Phi) is 5.00. The molecule has 0 spiro atoms. The Morgan fingerprint density at radius 1 is 1.36 bits per heavy atom. The van der Waals surface area contributed by atoms with Gasteiger partial charge in [0, 0.05) is 37.0 Å². The second kappa shape index (κ2) is 6.77. The first kappa shape index (κ1) is 16.3. The van der Waals surface area contributed by atoms with Crippen LogP contribution in [0.5, 0.6) is 0 Å². The Morgan fingerprint density at radius 3 is 2.64 bits per heavy atom. The van der Waals surface area contributed by atoms with Crippen molar-refractivity contribution in [3.05, 3.63) is 34.9 Å². The highest BCUT2D eigenvalue weighted by Gasteiger charge is 2.14. The molecule has 2 aromatic rings. The van der Waals surface area contributed by atoms with E-state index in [0.717, 1.165) is 35.6 Å². The predicted molar refractivity (Wildman–Crippen MR) is 85.4 cm³/mol. The van der Waals surface area contributed by atoms with Crippen LogP contribution in [0, 0.1) is 20.8 Å². The largest absolute Gasteiger partial charge is 0.349 e. The highest BCUT2D eigenvalue weighted by atomic mass is 16.1. The third-order valence-electron chi connectivity index (χ3n) is 3.99. The Balaban J connectivity index is 1.80. The minimum Gasteiger partial charge on any atom is -0.349 e. The highest BCUT2D eigenvalue weighted by molar-refractivity contribution is 5.76. The highest BCUT2D eigenvalue weighted by Crippen LogP contribution is 2.16. The molecule has 0 saturated heterocycles. The first-order valence-corrected chi connectivity index (χ1v) is 7.67. The summed E-state index contributed by atoms with van der Waals surface area (Å²) in [6.07, 6.45) is 3.10. The molecule has 0 unspecified atom stereocenters. The maximum Gasteiger partial charge on any atom is 0.220 e. The second-order valence-electron chi connectivity index (χ2n) is 5.85. The molecular formula is C16H25N5O. The van der Waals surface area contributed by atoms with Crippen molar-refractivity contribution in [3.8, 4) is 0 Å². The van der Waals surface area contributed by atoms with Crippen molar-refractivity contribution in [1.29, 1.82) is 0 Å². The summed E-state index contributed by atoms with van der Waals surface area (Å²) < 4.78 is 3.78. The SMILES string of the molecule is Cc1cc(C)n(CCCC(=O)N[C@H](C)c2cnn(C)c2C)n1. The van der Waals surface area contributed by atoms with Gasteiger partial charge in [-0.1, -0.05) is 0 Å². The molecule has 0 aliphatic carbocycles. The quantitative estimate of drug-likeness (QED) is 0.889. The lowest BCUT2D eigenvalue weighted by atomic mass is 10.1. The zero-order valence-corrected chi connectivity index (χ0v) is 14.1. The summed E-state index contributed by atoms with van der Waals surface area (Å²) in [5.41, 5.74) is 4.30. The van der Waals surface area contributed by atoms with Gasteiger partial charge in [0.1, 0.15) is 0 Å². The van der Waals surface area contributed by atoms with Gasteiger partial charge in [-0.15, -0.1) is 0 Å². The van der Waals surface area contributed by atoms with Crippen LogP contribution in [0.2, 0.25) is 0 Å². The number of aromatic nitrogens is 4. The van der Waals surface area contributed by atoms with Crippen LogP contribution in [0.3, 0.4) is 0 Å². The average Bonchev–Trinajstić information content (AvgIpc) is 2.93. The standard InChI is InChI=1S/C16H25N5O/c1-11-9-12(2)21(19-11)8-6-7-16(22)18-13(3)15-10-17-20(5)14(15)4/h9-10,13H,6-8H2,1-5H3,(H,18,22)/t13-/m1/s1. The lowest BCUT2D eigenvalue weighted by Crippen LogP contribution is -2.27. The van der Waals surface area contributed by atoms with Crippen molar-refractivity contribution in [2.75, 3.05) is 0 Å². The molecule has 2 aromatic heterocycles. The molecule has 1 amide bonds. The fourth-order valence-electron chi connectivity index (χ4n) is 2.62. The molecule has 0 aromatic carbocycles. The number of nitrogens with one attached hydrogen (secondary N) is 1. The van der Waals surface area contributed by atoms with Gasteiger partial charge in [0.15, 0.2) is 0 Å². The van der Waals surface area contributed by atoms with Crippen molar-refractivity contribution in [2.45, 2.75) is 53.1 Å². The lowest BCUT2D eigenvalue weighted by Gasteiger charge is -2.14. The van der Waals surface area contributed by atoms with Gasteiger partial charge in [0.2, 0.25) is 5.91 Å². The summed E-state index contributed by atoms with van der Waals surface area (Å²) in [6.45, 7) is 8.78. The fraction of sp³-hybridized carbons (Fsp3) is 0.562. The van der Waals surface area contributed by atoms with Crippen molar-refractivity contribution in [3.63, 3.8) is 0 Å². The molecular weight excluding hydrogens is 278 g/mol. The molecule has 22 heavy (non-hydrogen) atoms. The molecule has 6 heteroatoms. The average molecular weight is 303 g/mol. The van der Waals surface area contributed by atoms with E-state index in [-0.39, 0.29) is 11.9 Å². The van der Waals surface area contributed by atoms with Crippen LogP contribution in [0.25, 0.3) is 0 Å². The molecule has 1 N–H and O–H groups in total. The maximum atomic E-state index is 12.1. The third kappa shape index (κ3) is 3.75. The monoisotopic (exact) mass is 303 g/mol. The predicted octanol–water partition coefficient (Wildman–Crippen LogP) is 2.20. The molecule has 2 heterocycles. The number of carbonyl (C=O) groups is 1. The summed E-state index contributed by atoms with van der Waals surface area (Å²) in [5.74, 6) is 0.0669. The Hall–Kier alpha value is -2.11. The van der Waals surface area contributed by atoms with Crippen molar-refractivity contribution >= 4 is 5.91 Å². The van der Waals surface area contributed by atoms with Crippen LogP contribution in [0.1, 0.15) is 48.5 Å². The van der Waals surface area contributed by atoms with E-state index in [1.54, 1.807) is 0 Å². The van der Waals surface area contributed by atoms with Gasteiger partial charge >= 0.3 is 0 Å². The number of aryl methyl sites for hydroxylation is 4. The first-order valence-electron chi connectivity index (χ1n) is 7.67. The van der Waals surface area contributed by atoms with Crippen LogP contribution in [-0.4, -0.2) is 25.5 Å². The van der Waals surface area contributed by atoms with E-state index in [0.29, 0.717) is 6.42 Å². The van der Waals surface area contributed by atoms with Crippen molar-refractivity contribution in [1.82, 2.24) is 24.9 Å². The number of carbonyl (C=O) groups excluding carboxylic acids is 1. The van der Waals surface area contributed by atoms with Gasteiger partial charge in [-0.05, 0) is 40.2 Å². The van der Waals surface area contributed by atoms with Crippen molar-refractivity contribution in [2.24, 2.45) is 7.05 Å². The van der Waals surface area contributed by atoms with Crippen molar-refractivity contribution < 1.29 is 4.79 Å². The molecule has 0 radical (unpaired) electrons. The van der Waals surface area contributed by atoms with Gasteiger partial charge < -0.3 is 5.32 Å². The molecule has 0 bridgehead atoms. The van der Waals surface area contributed by atoms with Crippen LogP contribution >= 0.6 is 0 Å². The minimum atomic E-state index is -0.0186. The fourth-order valence-corrected chi connectivity index (χ4v) is 2.62. The third-order valence-corrected chi connectivity index (χ3v) is 3.99. The van der Waals surface area contributed by atoms with E-state index >= 15 is 0 Å². The molecule has 6 nitrogen and oxygen atoms in total. The van der Waals surface area contributed by atoms with E-state index in [2.05, 4.69) is 15.5 Å². The minimum absolute atomic E-state index is 0.0186. The molecule has 1 atom stereocenters. The molecule has 120 valence electrons. The number of hydrogen-bond acceptors (Lipinski definition) is 3. The van der Waals surface area contributed by atoms with Crippen LogP contribution in [0.4, 0.5) is 0 Å². The summed E-state index contributed by atoms with van der Waals surface area (Å²) in [5, 5.41) is 11.7. The normalized spacial score (nSPS) is 12.4. The molecule has 0 fully saturated rings. The Bertz CT molecular complexity index is 656. The van der Waals surface area contributed by atoms with E-state index in [1.165, 1.54) is 0 Å². The summed E-state index contributed by atoms with van der Waals surface area (Å²) in [7, 11) is 1.90. The summed E-state index contributed by atoms with van der Waals surface area (Å²) >= 11 is 0. The molecule has 0 saturated carbocycles. The van der Waals surface area contributed by atoms with Gasteiger partial charge in [0.25, 0.3) is 0 Å². The summed E-state index contributed by atoms with van der Waals surface area (Å²) in [4.78, 5) is 12.1. The van der Waals surface area contributed by atoms with Crippen LogP contribution in [0.15, 0.2) is 12.3 Å². The molecule has 0 aliphatic heterocycles. The zero-order chi connectivity index (χ0) is 16.3. The maximum absolute atomic E-state index is 12.1. The van der Waals surface area contributed by atoms with Crippen LogP contribution < -0.4 is 5.32 Å². The van der Waals surface area contributed by atoms with Gasteiger partial charge in [-0.3, -0.25) is 14.2 Å². The Morgan fingerprint density at radius 2 is 2.09 bits per heavy atom. The van der Waals surface area contributed by atoms with E-state index < -0.39 is 0 Å². The van der Waals surface area contributed by atoms with Gasteiger partial charge in [-0.25, -0.2) is 0 Å². The van der Waals surface area contributed by atoms with Gasteiger partial charge in [-0.2, -0.15) is 10.2 Å². The number of rotatable bonds is 6. The topological polar surface area (TPSA) is 64.7 Å². The lowest BCUT2D eigenvalue weighted by molar-refractivity contribution is -0.121. The summed E-state index contributed by atoms with van der Waals surface area (Å²) in [6, 6.07) is 2.03. The van der Waals surface area contributed by atoms with E-state index in [4.69, 9.17) is 0 Å². The van der Waals surface area contributed by atoms with E-state index in [9.17, 15) is 4.79 Å². The number of nitrogens with zero attached hydrogens (tertiary/aromatic N) is 4. The second-order valence-corrected chi connectivity index (χ2v) is 5.85. The Labute approximate surface area is 131 Å². The van der Waals surface area contributed by atoms with Gasteiger partial charge in [0.05, 0.1) is 17.9 Å². The van der Waals surface area contributed by atoms with Crippen LogP contribution in [-0.2, 0) is 18.4 Å². The zero-order valence-electron chi connectivity index (χ0n) is 14.1. The number of amides is 1. The molecule has 2 rings (SSSR count). The van der Waals surface area contributed by atoms with E-state index in [1.807, 2.05) is 56.4 Å². The first-order chi connectivity index (χ1) is 10.4. The number of hydrogen-bond donors (Lipinski definition) is 1. The smallest absolute Gasteiger partial charge is 0.220 e. The molecule has 0 aliphatic rings.